The summed E-state index contributed by atoms with van der Waals surface area (Å²) in [4.78, 5) is 31.5. The van der Waals surface area contributed by atoms with Crippen molar-refractivity contribution in [2.24, 2.45) is 17.3 Å². The maximum atomic E-state index is 13.2. The lowest BCUT2D eigenvalue weighted by Gasteiger charge is -2.28. The highest BCUT2D eigenvalue weighted by atomic mass is 16.4. The Morgan fingerprint density at radius 3 is 2.50 bits per heavy atom. The molecular weight excluding hydrogens is 332 g/mol. The van der Waals surface area contributed by atoms with Crippen molar-refractivity contribution in [2.45, 2.75) is 50.4 Å². The lowest BCUT2D eigenvalue weighted by Crippen LogP contribution is -2.46. The average Bonchev–Trinajstić information content (AvgIpc) is 3.50. The molecule has 0 spiro atoms. The van der Waals surface area contributed by atoms with Crippen LogP contribution in [0.2, 0.25) is 0 Å². The molecule has 2 atom stereocenters. The van der Waals surface area contributed by atoms with Crippen LogP contribution in [-0.4, -0.2) is 50.2 Å². The summed E-state index contributed by atoms with van der Waals surface area (Å²) >= 11 is 0. The van der Waals surface area contributed by atoms with Crippen molar-refractivity contribution in [1.29, 1.82) is 0 Å². The van der Waals surface area contributed by atoms with Crippen molar-refractivity contribution in [3.63, 3.8) is 0 Å². The van der Waals surface area contributed by atoms with E-state index in [2.05, 4.69) is 10.2 Å². The molecule has 7 nitrogen and oxygen atoms in total. The van der Waals surface area contributed by atoms with E-state index in [1.54, 1.807) is 4.90 Å². The van der Waals surface area contributed by atoms with Crippen LogP contribution in [-0.2, 0) is 9.59 Å². The van der Waals surface area contributed by atoms with E-state index in [4.69, 9.17) is 4.98 Å². The summed E-state index contributed by atoms with van der Waals surface area (Å²) in [6.45, 7) is 1.19. The number of carbonyl (C=O) groups excluding carboxylic acids is 1. The second-order valence-corrected chi connectivity index (χ2v) is 8.44. The fourth-order valence-corrected chi connectivity index (χ4v) is 4.66. The smallest absolute Gasteiger partial charge is 0.319 e. The molecule has 1 amide bonds. The molecule has 2 heterocycles. The minimum Gasteiger partial charge on any atom is -0.480 e. The SMILES string of the molecule is O=C(O)C1(C(=O)N2C[C@H](c3nc(C4CC4)n[nH]3)[C@@H](C3CC3)C2)CC=CC1. The van der Waals surface area contributed by atoms with E-state index in [9.17, 15) is 14.7 Å². The summed E-state index contributed by atoms with van der Waals surface area (Å²) in [5.74, 6) is 2.17. The zero-order valence-corrected chi connectivity index (χ0v) is 14.7. The van der Waals surface area contributed by atoms with Gasteiger partial charge in [0.25, 0.3) is 0 Å². The zero-order chi connectivity index (χ0) is 17.9. The summed E-state index contributed by atoms with van der Waals surface area (Å²) in [5.41, 5.74) is -1.30. The summed E-state index contributed by atoms with van der Waals surface area (Å²) in [5, 5.41) is 17.2. The molecule has 0 bridgehead atoms. The maximum Gasteiger partial charge on any atom is 0.319 e. The molecule has 0 radical (unpaired) electrons. The molecule has 2 saturated carbocycles. The van der Waals surface area contributed by atoms with Crippen LogP contribution in [0.25, 0.3) is 0 Å². The van der Waals surface area contributed by atoms with Crippen molar-refractivity contribution >= 4 is 11.9 Å². The normalized spacial score (nSPS) is 30.1. The molecule has 1 aromatic heterocycles. The number of nitrogens with one attached hydrogen (secondary N) is 1. The highest BCUT2D eigenvalue weighted by Crippen LogP contribution is 2.49. The molecule has 0 unspecified atom stereocenters. The Hall–Kier alpha value is -2.18. The Morgan fingerprint density at radius 2 is 1.88 bits per heavy atom. The number of aromatic nitrogens is 3. The second-order valence-electron chi connectivity index (χ2n) is 8.44. The van der Waals surface area contributed by atoms with Gasteiger partial charge in [-0.3, -0.25) is 14.7 Å². The number of H-pyrrole nitrogens is 1. The average molecular weight is 356 g/mol. The van der Waals surface area contributed by atoms with Crippen LogP contribution < -0.4 is 0 Å². The second kappa shape index (κ2) is 5.66. The first-order chi connectivity index (χ1) is 12.6. The van der Waals surface area contributed by atoms with Crippen molar-refractivity contribution in [2.75, 3.05) is 13.1 Å². The first-order valence-corrected chi connectivity index (χ1v) is 9.68. The number of carbonyl (C=O) groups is 2. The number of amides is 1. The van der Waals surface area contributed by atoms with Gasteiger partial charge in [-0.2, -0.15) is 5.10 Å². The van der Waals surface area contributed by atoms with Crippen LogP contribution in [0, 0.1) is 17.3 Å². The highest BCUT2D eigenvalue weighted by molar-refractivity contribution is 6.03. The Bertz CT molecular complexity index is 770. The number of rotatable bonds is 5. The molecule has 2 N–H and O–H groups in total. The van der Waals surface area contributed by atoms with Gasteiger partial charge in [0.15, 0.2) is 11.2 Å². The number of aromatic amines is 1. The third-order valence-corrected chi connectivity index (χ3v) is 6.61. The molecule has 0 aromatic carbocycles. The van der Waals surface area contributed by atoms with Crippen molar-refractivity contribution in [3.8, 4) is 0 Å². The van der Waals surface area contributed by atoms with Crippen LogP contribution in [0.5, 0.6) is 0 Å². The van der Waals surface area contributed by atoms with E-state index in [1.807, 2.05) is 12.2 Å². The van der Waals surface area contributed by atoms with Gasteiger partial charge in [-0.25, -0.2) is 4.98 Å². The van der Waals surface area contributed by atoms with E-state index in [0.29, 0.717) is 43.7 Å². The van der Waals surface area contributed by atoms with Gasteiger partial charge in [0, 0.05) is 24.9 Å². The first-order valence-electron chi connectivity index (χ1n) is 9.68. The third-order valence-electron chi connectivity index (χ3n) is 6.61. The lowest BCUT2D eigenvalue weighted by atomic mass is 9.84. The largest absolute Gasteiger partial charge is 0.480 e. The van der Waals surface area contributed by atoms with Crippen molar-refractivity contribution in [3.05, 3.63) is 23.8 Å². The number of carboxylic acids is 1. The number of nitrogens with zero attached hydrogens (tertiary/aromatic N) is 3. The van der Waals surface area contributed by atoms with Gasteiger partial charge >= 0.3 is 5.97 Å². The van der Waals surface area contributed by atoms with Crippen LogP contribution in [0.1, 0.15) is 62.0 Å². The van der Waals surface area contributed by atoms with Gasteiger partial charge in [-0.05, 0) is 50.4 Å². The zero-order valence-electron chi connectivity index (χ0n) is 14.7. The van der Waals surface area contributed by atoms with E-state index < -0.39 is 11.4 Å². The topological polar surface area (TPSA) is 99.2 Å². The van der Waals surface area contributed by atoms with Gasteiger partial charge in [-0.15, -0.1) is 0 Å². The molecule has 3 fully saturated rings. The van der Waals surface area contributed by atoms with E-state index in [-0.39, 0.29) is 11.8 Å². The van der Waals surface area contributed by atoms with Crippen molar-refractivity contribution < 1.29 is 14.7 Å². The lowest BCUT2D eigenvalue weighted by molar-refractivity contribution is -0.159. The van der Waals surface area contributed by atoms with Gasteiger partial charge in [0.05, 0.1) is 0 Å². The minimum atomic E-state index is -1.30. The fourth-order valence-electron chi connectivity index (χ4n) is 4.66. The highest BCUT2D eigenvalue weighted by Gasteiger charge is 2.53. The number of hydrogen-bond acceptors (Lipinski definition) is 4. The summed E-state index contributed by atoms with van der Waals surface area (Å²) in [6, 6.07) is 0. The third kappa shape index (κ3) is 2.47. The maximum absolute atomic E-state index is 13.2. The standard InChI is InChI=1S/C19H24N4O3/c24-17(19(18(25)26)7-1-2-8-19)23-9-13(11-3-4-11)14(10-23)16-20-15(21-22-16)12-5-6-12/h1-2,11-14H,3-10H2,(H,25,26)(H,20,21,22)/t13-,14+/m1/s1. The molecule has 138 valence electrons. The predicted molar refractivity (Wildman–Crippen MR) is 92.3 cm³/mol. The van der Waals surface area contributed by atoms with E-state index >= 15 is 0 Å². The van der Waals surface area contributed by atoms with Gasteiger partial charge in [-0.1, -0.05) is 12.2 Å². The summed E-state index contributed by atoms with van der Waals surface area (Å²) in [7, 11) is 0. The molecule has 4 aliphatic rings. The monoisotopic (exact) mass is 356 g/mol. The van der Waals surface area contributed by atoms with E-state index in [1.165, 1.54) is 12.8 Å². The molecule has 26 heavy (non-hydrogen) atoms. The number of carboxylic acid groups (broad SMARTS) is 1. The molecule has 7 heteroatoms. The molecule has 3 aliphatic carbocycles. The quantitative estimate of drug-likeness (QED) is 0.621. The minimum absolute atomic E-state index is 0.145. The van der Waals surface area contributed by atoms with Gasteiger partial charge in [0.2, 0.25) is 5.91 Å². The first kappa shape index (κ1) is 16.0. The van der Waals surface area contributed by atoms with Gasteiger partial charge in [0.1, 0.15) is 5.82 Å². The Labute approximate surface area is 151 Å². The molecule has 1 aromatic rings. The summed E-state index contributed by atoms with van der Waals surface area (Å²) in [6.07, 6.45) is 8.93. The number of hydrogen-bond donors (Lipinski definition) is 2. The molecule has 1 aliphatic heterocycles. The number of aliphatic carboxylic acids is 1. The van der Waals surface area contributed by atoms with E-state index in [0.717, 1.165) is 24.5 Å². The Morgan fingerprint density at radius 1 is 1.15 bits per heavy atom. The van der Waals surface area contributed by atoms with Crippen LogP contribution >= 0.6 is 0 Å². The predicted octanol–water partition coefficient (Wildman–Crippen LogP) is 2.06. The number of likely N-dealkylation sites (tertiary alicyclic amines) is 1. The van der Waals surface area contributed by atoms with Crippen LogP contribution in [0.3, 0.4) is 0 Å². The van der Waals surface area contributed by atoms with Crippen molar-refractivity contribution in [1.82, 2.24) is 20.1 Å². The number of allylic oxidation sites excluding steroid dienone is 2. The molecule has 5 rings (SSSR count). The Balaban J connectivity index is 1.39. The molecular formula is C19H24N4O3. The van der Waals surface area contributed by atoms with Gasteiger partial charge < -0.3 is 10.0 Å². The van der Waals surface area contributed by atoms with Crippen LogP contribution in [0.15, 0.2) is 12.2 Å². The molecule has 1 saturated heterocycles. The summed E-state index contributed by atoms with van der Waals surface area (Å²) < 4.78 is 0. The Kier molecular flexibility index (Phi) is 3.49. The van der Waals surface area contributed by atoms with Crippen LogP contribution in [0.4, 0.5) is 0 Å². The fraction of sp³-hybridized carbons (Fsp3) is 0.684.